The largest absolute Gasteiger partial charge is 0.444 e. The van der Waals surface area contributed by atoms with Crippen LogP contribution in [0.5, 0.6) is 0 Å². The van der Waals surface area contributed by atoms with Crippen molar-refractivity contribution in [2.75, 3.05) is 0 Å². The number of ether oxygens (including phenoxy) is 1. The Labute approximate surface area is 118 Å². The molecule has 0 heterocycles. The average molecular weight is 281 g/mol. The zero-order valence-electron chi connectivity index (χ0n) is 12.4. The van der Waals surface area contributed by atoms with E-state index in [2.05, 4.69) is 5.32 Å². The van der Waals surface area contributed by atoms with Crippen molar-refractivity contribution in [2.45, 2.75) is 45.8 Å². The Morgan fingerprint density at radius 2 is 1.90 bits per heavy atom. The minimum absolute atomic E-state index is 0.401. The van der Waals surface area contributed by atoms with Crippen molar-refractivity contribution in [3.8, 4) is 0 Å². The van der Waals surface area contributed by atoms with Gasteiger partial charge in [-0.25, -0.2) is 9.18 Å². The molecular weight excluding hydrogens is 261 g/mol. The van der Waals surface area contributed by atoms with E-state index in [-0.39, 0.29) is 0 Å². The Balaban J connectivity index is 3.06. The second kappa shape index (κ2) is 5.61. The number of benzene rings is 1. The Kier molecular flexibility index (Phi) is 4.53. The maximum absolute atomic E-state index is 13.4. The van der Waals surface area contributed by atoms with Gasteiger partial charge in [0, 0.05) is 0 Å². The summed E-state index contributed by atoms with van der Waals surface area (Å²) in [4.78, 5) is 23.2. The average Bonchev–Trinajstić information content (AvgIpc) is 2.29. The van der Waals surface area contributed by atoms with Gasteiger partial charge in [0.25, 0.3) is 0 Å². The lowest BCUT2D eigenvalue weighted by molar-refractivity contribution is -0.113. The molecule has 0 aliphatic heterocycles. The molecule has 1 aromatic rings. The quantitative estimate of drug-likeness (QED) is 0.866. The molecule has 1 amide bonds. The van der Waals surface area contributed by atoms with Gasteiger partial charge in [-0.2, -0.15) is 0 Å². The Morgan fingerprint density at radius 1 is 1.30 bits per heavy atom. The molecular formula is C15H20FNO3. The highest BCUT2D eigenvalue weighted by molar-refractivity contribution is 5.78. The number of alkyl carbamates (subject to hydrolysis) is 1. The van der Waals surface area contributed by atoms with Gasteiger partial charge >= 0.3 is 6.09 Å². The Morgan fingerprint density at radius 3 is 2.40 bits per heavy atom. The minimum atomic E-state index is -1.34. The Bertz CT molecular complexity index is 522. The first kappa shape index (κ1) is 16.1. The number of hydrogen-bond acceptors (Lipinski definition) is 3. The Hall–Kier alpha value is -1.91. The van der Waals surface area contributed by atoms with Gasteiger partial charge in [-0.1, -0.05) is 6.07 Å². The SMILES string of the molecule is Cc1ccc(F)cc1C(C)(C=O)NC(=O)OC(C)(C)C. The fraction of sp³-hybridized carbons (Fsp3) is 0.467. The van der Waals surface area contributed by atoms with Crippen molar-refractivity contribution >= 4 is 12.4 Å². The maximum Gasteiger partial charge on any atom is 0.408 e. The lowest BCUT2D eigenvalue weighted by Crippen LogP contribution is -2.47. The summed E-state index contributed by atoms with van der Waals surface area (Å²) in [7, 11) is 0. The lowest BCUT2D eigenvalue weighted by Gasteiger charge is -2.29. The van der Waals surface area contributed by atoms with Crippen molar-refractivity contribution in [3.05, 3.63) is 35.1 Å². The van der Waals surface area contributed by atoms with Gasteiger partial charge in [-0.3, -0.25) is 0 Å². The van der Waals surface area contributed by atoms with Gasteiger partial charge in [-0.15, -0.1) is 0 Å². The molecule has 20 heavy (non-hydrogen) atoms. The van der Waals surface area contributed by atoms with Gasteiger partial charge in [0.2, 0.25) is 0 Å². The van der Waals surface area contributed by atoms with Crippen LogP contribution in [0, 0.1) is 12.7 Å². The molecule has 5 heteroatoms. The first-order chi connectivity index (χ1) is 9.07. The first-order valence-electron chi connectivity index (χ1n) is 6.31. The highest BCUT2D eigenvalue weighted by Gasteiger charge is 2.32. The number of carbonyl (C=O) groups excluding carboxylic acids is 2. The van der Waals surface area contributed by atoms with Crippen molar-refractivity contribution < 1.29 is 18.7 Å². The molecule has 4 nitrogen and oxygen atoms in total. The second-order valence-electron chi connectivity index (χ2n) is 5.91. The fourth-order valence-electron chi connectivity index (χ4n) is 1.83. The number of hydrogen-bond donors (Lipinski definition) is 1. The zero-order valence-corrected chi connectivity index (χ0v) is 12.4. The van der Waals surface area contributed by atoms with Crippen LogP contribution in [-0.2, 0) is 15.1 Å². The van der Waals surface area contributed by atoms with Crippen molar-refractivity contribution in [1.29, 1.82) is 0 Å². The smallest absolute Gasteiger partial charge is 0.408 e. The van der Waals surface area contributed by atoms with E-state index in [1.165, 1.54) is 19.1 Å². The van der Waals surface area contributed by atoms with E-state index in [0.29, 0.717) is 17.4 Å². The molecule has 0 fully saturated rings. The van der Waals surface area contributed by atoms with Gasteiger partial charge < -0.3 is 14.8 Å². The van der Waals surface area contributed by atoms with E-state index in [1.54, 1.807) is 33.8 Å². The highest BCUT2D eigenvalue weighted by Crippen LogP contribution is 2.24. The first-order valence-corrected chi connectivity index (χ1v) is 6.31. The molecule has 0 aliphatic carbocycles. The van der Waals surface area contributed by atoms with Crippen molar-refractivity contribution in [2.24, 2.45) is 0 Å². The predicted molar refractivity (Wildman–Crippen MR) is 73.9 cm³/mol. The summed E-state index contributed by atoms with van der Waals surface area (Å²) in [6.45, 7) is 8.41. The summed E-state index contributed by atoms with van der Waals surface area (Å²) in [6, 6.07) is 4.10. The standard InChI is InChI=1S/C15H20FNO3/c1-10-6-7-11(16)8-12(10)15(5,9-18)17-13(19)20-14(2,3)4/h6-9H,1-5H3,(H,17,19). The van der Waals surface area contributed by atoms with Gasteiger partial charge in [-0.05, 0) is 57.9 Å². The molecule has 0 aromatic heterocycles. The van der Waals surface area contributed by atoms with Crippen LogP contribution in [0.1, 0.15) is 38.8 Å². The molecule has 0 aliphatic rings. The summed E-state index contributed by atoms with van der Waals surface area (Å²) in [5, 5.41) is 2.49. The van der Waals surface area contributed by atoms with Gasteiger partial charge in [0.15, 0.2) is 0 Å². The molecule has 0 spiro atoms. The van der Waals surface area contributed by atoms with E-state index >= 15 is 0 Å². The molecule has 1 atom stereocenters. The van der Waals surface area contributed by atoms with Crippen molar-refractivity contribution in [1.82, 2.24) is 5.32 Å². The number of rotatable bonds is 3. The summed E-state index contributed by atoms with van der Waals surface area (Å²) in [6.07, 6.45) is -0.158. The molecule has 0 saturated carbocycles. The zero-order chi connectivity index (χ0) is 15.6. The molecule has 1 unspecified atom stereocenters. The summed E-state index contributed by atoms with van der Waals surface area (Å²) in [5.41, 5.74) is -0.908. The van der Waals surface area contributed by atoms with E-state index in [0.717, 1.165) is 0 Å². The van der Waals surface area contributed by atoms with Crippen molar-refractivity contribution in [3.63, 3.8) is 0 Å². The fourth-order valence-corrected chi connectivity index (χ4v) is 1.83. The van der Waals surface area contributed by atoms with Crippen LogP contribution in [0.3, 0.4) is 0 Å². The van der Waals surface area contributed by atoms with Crippen LogP contribution in [0.25, 0.3) is 0 Å². The van der Waals surface area contributed by atoms with Crippen LogP contribution < -0.4 is 5.32 Å². The van der Waals surface area contributed by atoms with Crippen LogP contribution >= 0.6 is 0 Å². The number of aldehydes is 1. The molecule has 1 aromatic carbocycles. The third-order valence-corrected chi connectivity index (χ3v) is 2.76. The summed E-state index contributed by atoms with van der Waals surface area (Å²) < 4.78 is 18.5. The van der Waals surface area contributed by atoms with Crippen LogP contribution in [0.15, 0.2) is 18.2 Å². The number of amides is 1. The van der Waals surface area contributed by atoms with Gasteiger partial charge in [0.1, 0.15) is 23.2 Å². The van der Waals surface area contributed by atoms with Gasteiger partial charge in [0.05, 0.1) is 0 Å². The monoisotopic (exact) mass is 281 g/mol. The third kappa shape index (κ3) is 4.05. The van der Waals surface area contributed by atoms with Crippen LogP contribution in [0.2, 0.25) is 0 Å². The normalized spacial score (nSPS) is 14.3. The number of carbonyl (C=O) groups is 2. The van der Waals surface area contributed by atoms with Crippen LogP contribution in [0.4, 0.5) is 9.18 Å². The molecule has 0 saturated heterocycles. The maximum atomic E-state index is 13.4. The summed E-state index contributed by atoms with van der Waals surface area (Å²) >= 11 is 0. The molecule has 0 bridgehead atoms. The van der Waals surface area contributed by atoms with E-state index in [9.17, 15) is 14.0 Å². The molecule has 1 N–H and O–H groups in total. The van der Waals surface area contributed by atoms with E-state index in [4.69, 9.17) is 4.74 Å². The highest BCUT2D eigenvalue weighted by atomic mass is 19.1. The van der Waals surface area contributed by atoms with E-state index in [1.807, 2.05) is 0 Å². The summed E-state index contributed by atoms with van der Waals surface area (Å²) in [5.74, 6) is -0.468. The van der Waals surface area contributed by atoms with E-state index < -0.39 is 23.1 Å². The predicted octanol–water partition coefficient (Wildman–Crippen LogP) is 3.07. The third-order valence-electron chi connectivity index (χ3n) is 2.76. The number of nitrogens with one attached hydrogen (secondary N) is 1. The molecule has 1 rings (SSSR count). The second-order valence-corrected chi connectivity index (χ2v) is 5.91. The van der Waals surface area contributed by atoms with Crippen LogP contribution in [-0.4, -0.2) is 18.0 Å². The lowest BCUT2D eigenvalue weighted by atomic mass is 9.90. The minimum Gasteiger partial charge on any atom is -0.444 e. The topological polar surface area (TPSA) is 55.4 Å². The molecule has 110 valence electrons. The number of halogens is 1. The molecule has 0 radical (unpaired) electrons. The number of aryl methyl sites for hydroxylation is 1.